The largest absolute Gasteiger partial charge is 0.385 e. The van der Waals surface area contributed by atoms with E-state index in [0.717, 1.165) is 43.0 Å². The summed E-state index contributed by atoms with van der Waals surface area (Å²) in [5, 5.41) is 17.6. The molecule has 4 nitrogen and oxygen atoms in total. The van der Waals surface area contributed by atoms with Crippen molar-refractivity contribution in [3.63, 3.8) is 0 Å². The molecular weight excluding hydrogens is 340 g/mol. The van der Waals surface area contributed by atoms with Gasteiger partial charge in [-0.25, -0.2) is 0 Å². The van der Waals surface area contributed by atoms with E-state index in [1.807, 2.05) is 12.3 Å². The van der Waals surface area contributed by atoms with Crippen molar-refractivity contribution in [3.8, 4) is 0 Å². The second-order valence-electron chi connectivity index (χ2n) is 6.56. The monoisotopic (exact) mass is 376 g/mol. The van der Waals surface area contributed by atoms with Crippen LogP contribution in [0.2, 0.25) is 0 Å². The van der Waals surface area contributed by atoms with E-state index in [1.54, 1.807) is 0 Å². The Labute approximate surface area is 164 Å². The number of nitrogens with one attached hydrogen (secondary N) is 3. The molecule has 0 spiro atoms. The van der Waals surface area contributed by atoms with E-state index in [4.69, 9.17) is 5.41 Å². The summed E-state index contributed by atoms with van der Waals surface area (Å²) in [5.41, 5.74) is 2.03. The van der Waals surface area contributed by atoms with E-state index in [-0.39, 0.29) is 0 Å². The average Bonchev–Trinajstić information content (AvgIpc) is 2.66. The van der Waals surface area contributed by atoms with Gasteiger partial charge in [0.25, 0.3) is 0 Å². The number of allylic oxidation sites excluding steroid dienone is 3. The summed E-state index contributed by atoms with van der Waals surface area (Å²) in [4.78, 5) is 2.43. The maximum atomic E-state index is 8.22. The van der Waals surface area contributed by atoms with E-state index in [2.05, 4.69) is 61.1 Å². The lowest BCUT2D eigenvalue weighted by Gasteiger charge is -2.35. The SMILES string of the molecule is C=C(NCCC)/C(C)=C/SC(=N)CNC1=CC=CC(CC)N1CCCC. The van der Waals surface area contributed by atoms with Crippen molar-refractivity contribution < 1.29 is 0 Å². The highest BCUT2D eigenvalue weighted by Gasteiger charge is 2.19. The summed E-state index contributed by atoms with van der Waals surface area (Å²) in [5.74, 6) is 1.13. The molecule has 5 heteroatoms. The number of unbranched alkanes of at least 4 members (excludes halogenated alkanes) is 1. The third kappa shape index (κ3) is 7.73. The topological polar surface area (TPSA) is 51.2 Å². The third-order valence-corrected chi connectivity index (χ3v) is 5.24. The van der Waals surface area contributed by atoms with Gasteiger partial charge in [0.2, 0.25) is 0 Å². The molecule has 0 aromatic heterocycles. The minimum absolute atomic E-state index is 0.450. The first-order valence-electron chi connectivity index (χ1n) is 9.76. The first-order chi connectivity index (χ1) is 12.5. The lowest BCUT2D eigenvalue weighted by Crippen LogP contribution is -2.41. The standard InChI is InChI=1S/C21H36N4S/c1-6-9-14-25-19(8-3)11-10-12-21(25)24-15-20(22)26-16-17(4)18(5)23-13-7-2/h10-12,16,19,22-24H,5-9,13-15H2,1-4H3/b17-16+,22-20?. The molecule has 3 N–H and O–H groups in total. The molecule has 1 rings (SSSR count). The molecular formula is C21H36N4S. The van der Waals surface area contributed by atoms with Crippen LogP contribution in [0.3, 0.4) is 0 Å². The molecule has 1 unspecified atom stereocenters. The number of hydrogen-bond acceptors (Lipinski definition) is 5. The Hall–Kier alpha value is -1.62. The highest BCUT2D eigenvalue weighted by molar-refractivity contribution is 8.16. The van der Waals surface area contributed by atoms with Crippen molar-refractivity contribution >= 4 is 16.8 Å². The zero-order valence-electron chi connectivity index (χ0n) is 16.9. The Morgan fingerprint density at radius 1 is 1.35 bits per heavy atom. The number of hydrogen-bond donors (Lipinski definition) is 3. The number of nitrogens with zero attached hydrogens (tertiary/aromatic N) is 1. The zero-order valence-corrected chi connectivity index (χ0v) is 17.7. The van der Waals surface area contributed by atoms with Gasteiger partial charge in [-0.05, 0) is 43.2 Å². The van der Waals surface area contributed by atoms with Gasteiger partial charge in [0.15, 0.2) is 0 Å². The van der Waals surface area contributed by atoms with Gasteiger partial charge in [-0.15, -0.1) is 0 Å². The summed E-state index contributed by atoms with van der Waals surface area (Å²) < 4.78 is 0. The van der Waals surface area contributed by atoms with Gasteiger partial charge in [0.05, 0.1) is 11.6 Å². The van der Waals surface area contributed by atoms with Crippen molar-refractivity contribution in [1.82, 2.24) is 15.5 Å². The molecule has 0 bridgehead atoms. The van der Waals surface area contributed by atoms with E-state index in [0.29, 0.717) is 17.6 Å². The van der Waals surface area contributed by atoms with Crippen LogP contribution in [-0.4, -0.2) is 35.6 Å². The van der Waals surface area contributed by atoms with E-state index >= 15 is 0 Å². The molecule has 0 saturated carbocycles. The summed E-state index contributed by atoms with van der Waals surface area (Å²) in [6.07, 6.45) is 11.1. The van der Waals surface area contributed by atoms with Crippen molar-refractivity contribution in [1.29, 1.82) is 5.41 Å². The zero-order chi connectivity index (χ0) is 19.4. The lowest BCUT2D eigenvalue weighted by atomic mass is 10.1. The Morgan fingerprint density at radius 2 is 2.12 bits per heavy atom. The van der Waals surface area contributed by atoms with Crippen LogP contribution in [0.1, 0.15) is 53.4 Å². The molecule has 1 aliphatic rings. The van der Waals surface area contributed by atoms with Gasteiger partial charge in [0.1, 0.15) is 5.82 Å². The molecule has 0 radical (unpaired) electrons. The van der Waals surface area contributed by atoms with E-state index in [1.165, 1.54) is 24.6 Å². The maximum absolute atomic E-state index is 8.22. The van der Waals surface area contributed by atoms with Gasteiger partial charge in [-0.1, -0.05) is 57.7 Å². The second-order valence-corrected chi connectivity index (χ2v) is 7.52. The Kier molecular flexibility index (Phi) is 10.9. The molecule has 1 atom stereocenters. The fraction of sp³-hybridized carbons (Fsp3) is 0.571. The van der Waals surface area contributed by atoms with Crippen molar-refractivity contribution in [2.24, 2.45) is 0 Å². The van der Waals surface area contributed by atoms with Gasteiger partial charge in [0, 0.05) is 24.8 Å². The van der Waals surface area contributed by atoms with Crippen molar-refractivity contribution in [3.05, 3.63) is 47.3 Å². The van der Waals surface area contributed by atoms with Crippen LogP contribution >= 0.6 is 11.8 Å². The van der Waals surface area contributed by atoms with Crippen LogP contribution in [0.4, 0.5) is 0 Å². The molecule has 0 aromatic carbocycles. The van der Waals surface area contributed by atoms with Crippen LogP contribution in [0, 0.1) is 5.41 Å². The lowest BCUT2D eigenvalue weighted by molar-refractivity contribution is 0.261. The van der Waals surface area contributed by atoms with Crippen molar-refractivity contribution in [2.45, 2.75) is 59.4 Å². The summed E-state index contributed by atoms with van der Waals surface area (Å²) in [6, 6.07) is 0.450. The number of thioether (sulfide) groups is 1. The first-order valence-corrected chi connectivity index (χ1v) is 10.6. The van der Waals surface area contributed by atoms with Crippen LogP contribution in [0.15, 0.2) is 47.3 Å². The van der Waals surface area contributed by atoms with Crippen LogP contribution in [-0.2, 0) is 0 Å². The van der Waals surface area contributed by atoms with E-state index in [9.17, 15) is 0 Å². The minimum atomic E-state index is 0.450. The Morgan fingerprint density at radius 3 is 2.77 bits per heavy atom. The van der Waals surface area contributed by atoms with Crippen LogP contribution < -0.4 is 10.6 Å². The predicted octanol–water partition coefficient (Wildman–Crippen LogP) is 5.00. The smallest absolute Gasteiger partial charge is 0.102 e. The van der Waals surface area contributed by atoms with Gasteiger partial charge in [-0.2, -0.15) is 0 Å². The molecule has 0 amide bonds. The summed E-state index contributed by atoms with van der Waals surface area (Å²) in [6.45, 7) is 15.2. The predicted molar refractivity (Wildman–Crippen MR) is 117 cm³/mol. The van der Waals surface area contributed by atoms with Crippen LogP contribution in [0.25, 0.3) is 0 Å². The Balaban J connectivity index is 2.52. The molecule has 26 heavy (non-hydrogen) atoms. The molecule has 0 aliphatic carbocycles. The summed E-state index contributed by atoms with van der Waals surface area (Å²) in [7, 11) is 0. The normalized spacial score (nSPS) is 17.1. The fourth-order valence-electron chi connectivity index (χ4n) is 2.64. The quantitative estimate of drug-likeness (QED) is 0.255. The maximum Gasteiger partial charge on any atom is 0.102 e. The molecule has 146 valence electrons. The number of rotatable bonds is 12. The highest BCUT2D eigenvalue weighted by atomic mass is 32.2. The molecule has 1 aliphatic heterocycles. The first kappa shape index (κ1) is 22.4. The molecule has 0 fully saturated rings. The van der Waals surface area contributed by atoms with Gasteiger partial charge >= 0.3 is 0 Å². The van der Waals surface area contributed by atoms with E-state index < -0.39 is 0 Å². The molecule has 0 saturated heterocycles. The highest BCUT2D eigenvalue weighted by Crippen LogP contribution is 2.18. The van der Waals surface area contributed by atoms with Crippen molar-refractivity contribution in [2.75, 3.05) is 19.6 Å². The Bertz CT molecular complexity index is 548. The minimum Gasteiger partial charge on any atom is -0.385 e. The third-order valence-electron chi connectivity index (χ3n) is 4.34. The van der Waals surface area contributed by atoms with Gasteiger partial charge in [-0.3, -0.25) is 5.41 Å². The summed E-state index contributed by atoms with van der Waals surface area (Å²) >= 11 is 1.45. The van der Waals surface area contributed by atoms with Crippen LogP contribution in [0.5, 0.6) is 0 Å². The fourth-order valence-corrected chi connectivity index (χ4v) is 3.26. The average molecular weight is 377 g/mol. The van der Waals surface area contributed by atoms with Gasteiger partial charge < -0.3 is 15.5 Å². The second kappa shape index (κ2) is 12.7. The molecule has 1 heterocycles. The molecule has 0 aromatic rings.